The maximum Gasteiger partial charge on any atom is 0.156 e. The molecule has 0 spiro atoms. The van der Waals surface area contributed by atoms with Crippen molar-refractivity contribution in [1.29, 1.82) is 0 Å². The smallest absolute Gasteiger partial charge is 0.156 e. The van der Waals surface area contributed by atoms with Gasteiger partial charge >= 0.3 is 0 Å². The molecule has 1 aromatic carbocycles. The molecular weight excluding hydrogens is 314 g/mol. The Morgan fingerprint density at radius 2 is 2.19 bits per heavy atom. The Labute approximate surface area is 130 Å². The normalized spacial score (nSPS) is 25.7. The zero-order chi connectivity index (χ0) is 15.6. The van der Waals surface area contributed by atoms with Crippen LogP contribution in [0.25, 0.3) is 0 Å². The van der Waals surface area contributed by atoms with Crippen LogP contribution in [-0.2, 0) is 9.84 Å². The van der Waals surface area contributed by atoms with Crippen molar-refractivity contribution in [2.75, 3.05) is 18.1 Å². The fourth-order valence-electron chi connectivity index (χ4n) is 2.45. The molecule has 1 aliphatic rings. The molecule has 118 valence electrons. The molecule has 1 fully saturated rings. The number of sulfone groups is 1. The first-order chi connectivity index (χ1) is 9.82. The van der Waals surface area contributed by atoms with E-state index in [0.717, 1.165) is 12.1 Å². The summed E-state index contributed by atoms with van der Waals surface area (Å²) in [6, 6.07) is 5.21. The number of hydrogen-bond acceptors (Lipinski definition) is 5. The summed E-state index contributed by atoms with van der Waals surface area (Å²) in [6.45, 7) is 4.76. The molecule has 7 heteroatoms. The molecule has 0 aromatic heterocycles. The highest BCUT2D eigenvalue weighted by atomic mass is 35.5. The molecule has 1 aromatic rings. The molecule has 3 atom stereocenters. The Bertz CT molecular complexity index is 605. The highest BCUT2D eigenvalue weighted by Crippen LogP contribution is 2.30. The first kappa shape index (κ1) is 16.5. The minimum absolute atomic E-state index is 0.0128. The van der Waals surface area contributed by atoms with Gasteiger partial charge in [0.25, 0.3) is 0 Å². The topological polar surface area (TPSA) is 75.6 Å². The second kappa shape index (κ2) is 6.52. The largest absolute Gasteiger partial charge is 0.486 e. The maximum atomic E-state index is 11.5. The summed E-state index contributed by atoms with van der Waals surface area (Å²) in [5, 5.41) is 13.7. The van der Waals surface area contributed by atoms with E-state index in [1.165, 1.54) is 0 Å². The van der Waals surface area contributed by atoms with Gasteiger partial charge in [0.1, 0.15) is 18.0 Å². The zero-order valence-corrected chi connectivity index (χ0v) is 13.6. The van der Waals surface area contributed by atoms with Crippen molar-refractivity contribution in [1.82, 2.24) is 5.32 Å². The Hall–Kier alpha value is -0.820. The lowest BCUT2D eigenvalue weighted by Crippen LogP contribution is -2.30. The minimum atomic E-state index is -3.23. The molecule has 2 N–H and O–H groups in total. The molecule has 0 amide bonds. The molecule has 1 heterocycles. The third-order valence-electron chi connectivity index (χ3n) is 3.50. The Morgan fingerprint density at radius 3 is 2.76 bits per heavy atom. The van der Waals surface area contributed by atoms with E-state index in [4.69, 9.17) is 16.3 Å². The number of benzene rings is 1. The second-order valence-electron chi connectivity index (χ2n) is 5.26. The quantitative estimate of drug-likeness (QED) is 0.855. The number of ether oxygens (including phenoxy) is 1. The van der Waals surface area contributed by atoms with Gasteiger partial charge in [-0.05, 0) is 31.7 Å². The molecule has 1 aliphatic heterocycles. The van der Waals surface area contributed by atoms with Crippen LogP contribution in [0.5, 0.6) is 5.75 Å². The predicted octanol–water partition coefficient (Wildman–Crippen LogP) is 1.55. The van der Waals surface area contributed by atoms with E-state index >= 15 is 0 Å². The molecule has 0 bridgehead atoms. The van der Waals surface area contributed by atoms with Gasteiger partial charge in [-0.3, -0.25) is 0 Å². The highest BCUT2D eigenvalue weighted by molar-refractivity contribution is 7.91. The molecule has 21 heavy (non-hydrogen) atoms. The predicted molar refractivity (Wildman–Crippen MR) is 82.6 cm³/mol. The van der Waals surface area contributed by atoms with Crippen molar-refractivity contribution >= 4 is 21.4 Å². The summed E-state index contributed by atoms with van der Waals surface area (Å²) >= 11 is 6.02. The lowest BCUT2D eigenvalue weighted by atomic mass is 10.1. The van der Waals surface area contributed by atoms with Crippen molar-refractivity contribution in [3.8, 4) is 5.75 Å². The minimum Gasteiger partial charge on any atom is -0.486 e. The average Bonchev–Trinajstić information content (AvgIpc) is 2.64. The first-order valence-electron chi connectivity index (χ1n) is 6.90. The molecule has 0 aliphatic carbocycles. The fraction of sp³-hybridized carbons (Fsp3) is 0.571. The van der Waals surface area contributed by atoms with Crippen LogP contribution in [0, 0.1) is 0 Å². The second-order valence-corrected chi connectivity index (χ2v) is 7.85. The third-order valence-corrected chi connectivity index (χ3v) is 5.42. The Morgan fingerprint density at radius 1 is 1.48 bits per heavy atom. The molecule has 0 radical (unpaired) electrons. The molecule has 5 nitrogen and oxygen atoms in total. The van der Waals surface area contributed by atoms with Crippen LogP contribution in [0.1, 0.15) is 25.5 Å². The van der Waals surface area contributed by atoms with Gasteiger partial charge < -0.3 is 15.2 Å². The van der Waals surface area contributed by atoms with Crippen molar-refractivity contribution in [3.05, 3.63) is 28.8 Å². The Kier molecular flexibility index (Phi) is 5.14. The summed E-state index contributed by atoms with van der Waals surface area (Å²) in [4.78, 5) is 0. The summed E-state index contributed by atoms with van der Waals surface area (Å²) in [6.07, 6.45) is -1.73. The summed E-state index contributed by atoms with van der Waals surface area (Å²) in [5.74, 6) is 0.142. The van der Waals surface area contributed by atoms with E-state index in [9.17, 15) is 13.5 Å². The fourth-order valence-corrected chi connectivity index (χ4v) is 4.30. The van der Waals surface area contributed by atoms with E-state index in [1.807, 2.05) is 13.8 Å². The average molecular weight is 334 g/mol. The van der Waals surface area contributed by atoms with E-state index in [1.54, 1.807) is 18.2 Å². The lowest BCUT2D eigenvalue weighted by molar-refractivity contribution is 0.0728. The third kappa shape index (κ3) is 4.10. The summed E-state index contributed by atoms with van der Waals surface area (Å²) in [5.41, 5.74) is 0.848. The number of rotatable bonds is 5. The molecule has 3 unspecified atom stereocenters. The van der Waals surface area contributed by atoms with Crippen LogP contribution < -0.4 is 10.1 Å². The van der Waals surface area contributed by atoms with Gasteiger partial charge in [-0.25, -0.2) is 8.42 Å². The van der Waals surface area contributed by atoms with Crippen LogP contribution in [0.3, 0.4) is 0 Å². The van der Waals surface area contributed by atoms with Crippen LogP contribution in [0.15, 0.2) is 18.2 Å². The van der Waals surface area contributed by atoms with Crippen molar-refractivity contribution < 1.29 is 18.3 Å². The number of nitrogens with one attached hydrogen (secondary N) is 1. The molecule has 2 rings (SSSR count). The van der Waals surface area contributed by atoms with Gasteiger partial charge in [-0.15, -0.1) is 0 Å². The summed E-state index contributed by atoms with van der Waals surface area (Å²) in [7, 11) is -3.23. The first-order valence-corrected chi connectivity index (χ1v) is 9.10. The maximum absolute atomic E-state index is 11.5. The van der Waals surface area contributed by atoms with E-state index < -0.39 is 22.0 Å². The van der Waals surface area contributed by atoms with E-state index in [0.29, 0.717) is 10.8 Å². The van der Waals surface area contributed by atoms with Gasteiger partial charge in [0, 0.05) is 16.6 Å². The van der Waals surface area contributed by atoms with Gasteiger partial charge in [0.05, 0.1) is 11.5 Å². The number of aliphatic hydroxyl groups excluding tert-OH is 1. The van der Waals surface area contributed by atoms with Crippen molar-refractivity contribution in [2.45, 2.75) is 32.1 Å². The van der Waals surface area contributed by atoms with Crippen molar-refractivity contribution in [2.24, 2.45) is 0 Å². The van der Waals surface area contributed by atoms with E-state index in [2.05, 4.69) is 5.32 Å². The summed E-state index contributed by atoms with van der Waals surface area (Å²) < 4.78 is 28.8. The van der Waals surface area contributed by atoms with Gasteiger partial charge in [-0.1, -0.05) is 18.5 Å². The molecule has 1 saturated heterocycles. The zero-order valence-electron chi connectivity index (χ0n) is 12.0. The molecule has 0 saturated carbocycles. The standard InChI is InChI=1S/C14H20ClNO4S/c1-3-16-9(2)11-6-10(15)4-5-13(11)20-14-8-21(18,19)7-12(14)17/h4-6,9,12,14,16-17H,3,7-8H2,1-2H3. The van der Waals surface area contributed by atoms with E-state index in [-0.39, 0.29) is 17.5 Å². The highest BCUT2D eigenvalue weighted by Gasteiger charge is 2.38. The van der Waals surface area contributed by atoms with Crippen molar-refractivity contribution in [3.63, 3.8) is 0 Å². The number of halogens is 1. The van der Waals surface area contributed by atoms with Gasteiger partial charge in [-0.2, -0.15) is 0 Å². The number of hydrogen-bond donors (Lipinski definition) is 2. The van der Waals surface area contributed by atoms with Crippen LogP contribution >= 0.6 is 11.6 Å². The van der Waals surface area contributed by atoms with Gasteiger partial charge in [0.15, 0.2) is 9.84 Å². The van der Waals surface area contributed by atoms with Crippen LogP contribution in [0.2, 0.25) is 5.02 Å². The Balaban J connectivity index is 2.24. The lowest BCUT2D eigenvalue weighted by Gasteiger charge is -2.22. The monoisotopic (exact) mass is 333 g/mol. The number of aliphatic hydroxyl groups is 1. The van der Waals surface area contributed by atoms with Crippen LogP contribution in [0.4, 0.5) is 0 Å². The SMILES string of the molecule is CCNC(C)c1cc(Cl)ccc1OC1CS(=O)(=O)CC1O. The van der Waals surface area contributed by atoms with Crippen LogP contribution in [-0.4, -0.2) is 43.8 Å². The van der Waals surface area contributed by atoms with Gasteiger partial charge in [0.2, 0.25) is 0 Å². The molecular formula is C14H20ClNO4S.